The van der Waals surface area contributed by atoms with Gasteiger partial charge in [-0.15, -0.1) is 0 Å². The van der Waals surface area contributed by atoms with Crippen molar-refractivity contribution < 1.29 is 9.59 Å². The Morgan fingerprint density at radius 1 is 1.19 bits per heavy atom. The standard InChI is InChI=1S/C20H25BrN4O2/c1-2-11-22-18(26)10-12-23-20(27)19-16-8-3-4-9-17(16)25(24-19)15-7-5-6-14(21)13-15/h5-7,13H,2-4,8-12H2,1H3,(H,22,26)(H,23,27). The molecule has 0 unspecified atom stereocenters. The average molecular weight is 433 g/mol. The summed E-state index contributed by atoms with van der Waals surface area (Å²) in [5.41, 5.74) is 3.58. The highest BCUT2D eigenvalue weighted by molar-refractivity contribution is 9.10. The number of rotatable bonds is 7. The van der Waals surface area contributed by atoms with Gasteiger partial charge in [0, 0.05) is 35.2 Å². The van der Waals surface area contributed by atoms with Crippen molar-refractivity contribution in [3.05, 3.63) is 45.7 Å². The predicted molar refractivity (Wildman–Crippen MR) is 108 cm³/mol. The first-order valence-electron chi connectivity index (χ1n) is 9.51. The number of fused-ring (bicyclic) bond motifs is 1. The number of benzene rings is 1. The van der Waals surface area contributed by atoms with Gasteiger partial charge in [-0.25, -0.2) is 4.68 Å². The monoisotopic (exact) mass is 432 g/mol. The SMILES string of the molecule is CCCNC(=O)CCNC(=O)c1nn(-c2cccc(Br)c2)c2c1CCCC2. The molecule has 27 heavy (non-hydrogen) atoms. The molecule has 144 valence electrons. The van der Waals surface area contributed by atoms with Gasteiger partial charge in [-0.1, -0.05) is 28.9 Å². The summed E-state index contributed by atoms with van der Waals surface area (Å²) in [6, 6.07) is 7.93. The molecule has 6 nitrogen and oxygen atoms in total. The predicted octanol–water partition coefficient (Wildman–Crippen LogP) is 3.16. The minimum atomic E-state index is -0.204. The van der Waals surface area contributed by atoms with Crippen molar-refractivity contribution in [2.75, 3.05) is 13.1 Å². The number of nitrogens with zero attached hydrogens (tertiary/aromatic N) is 2. The van der Waals surface area contributed by atoms with E-state index in [9.17, 15) is 9.59 Å². The first kappa shape index (κ1) is 19.6. The fourth-order valence-corrected chi connectivity index (χ4v) is 3.72. The van der Waals surface area contributed by atoms with Crippen LogP contribution in [-0.2, 0) is 17.6 Å². The minimum absolute atomic E-state index is 0.0427. The maximum absolute atomic E-state index is 12.7. The molecule has 0 saturated carbocycles. The van der Waals surface area contributed by atoms with Crippen LogP contribution >= 0.6 is 15.9 Å². The van der Waals surface area contributed by atoms with Gasteiger partial charge in [0.25, 0.3) is 5.91 Å². The molecule has 0 radical (unpaired) electrons. The van der Waals surface area contributed by atoms with Gasteiger partial charge in [0.1, 0.15) is 0 Å². The van der Waals surface area contributed by atoms with Crippen LogP contribution in [0.1, 0.15) is 54.4 Å². The van der Waals surface area contributed by atoms with Gasteiger partial charge in [-0.05, 0) is 50.3 Å². The molecule has 1 aromatic carbocycles. The second kappa shape index (κ2) is 9.17. The number of halogens is 1. The van der Waals surface area contributed by atoms with E-state index in [1.807, 2.05) is 35.9 Å². The second-order valence-corrected chi connectivity index (χ2v) is 7.64. The number of hydrogen-bond donors (Lipinski definition) is 2. The van der Waals surface area contributed by atoms with E-state index in [1.165, 1.54) is 0 Å². The molecule has 0 spiro atoms. The molecular formula is C20H25BrN4O2. The van der Waals surface area contributed by atoms with Gasteiger partial charge < -0.3 is 10.6 Å². The summed E-state index contributed by atoms with van der Waals surface area (Å²) < 4.78 is 2.87. The Hall–Kier alpha value is -2.15. The van der Waals surface area contributed by atoms with Gasteiger partial charge >= 0.3 is 0 Å². The molecule has 2 amide bonds. The topological polar surface area (TPSA) is 76.0 Å². The van der Waals surface area contributed by atoms with Crippen molar-refractivity contribution in [3.8, 4) is 5.69 Å². The van der Waals surface area contributed by atoms with Gasteiger partial charge in [-0.2, -0.15) is 5.10 Å². The zero-order chi connectivity index (χ0) is 19.2. The van der Waals surface area contributed by atoms with Gasteiger partial charge in [0.05, 0.1) is 5.69 Å². The first-order chi connectivity index (χ1) is 13.1. The van der Waals surface area contributed by atoms with Crippen molar-refractivity contribution in [2.45, 2.75) is 45.4 Å². The third-order valence-electron chi connectivity index (χ3n) is 4.66. The third kappa shape index (κ3) is 4.77. The lowest BCUT2D eigenvalue weighted by atomic mass is 9.95. The maximum atomic E-state index is 12.7. The van der Waals surface area contributed by atoms with E-state index >= 15 is 0 Å². The zero-order valence-corrected chi connectivity index (χ0v) is 17.1. The van der Waals surface area contributed by atoms with E-state index in [2.05, 4.69) is 31.7 Å². The van der Waals surface area contributed by atoms with Crippen molar-refractivity contribution in [1.29, 1.82) is 0 Å². The molecule has 1 aromatic heterocycles. The minimum Gasteiger partial charge on any atom is -0.356 e. The van der Waals surface area contributed by atoms with Gasteiger partial charge in [-0.3, -0.25) is 9.59 Å². The Morgan fingerprint density at radius 3 is 2.78 bits per heavy atom. The molecule has 1 aliphatic rings. The summed E-state index contributed by atoms with van der Waals surface area (Å²) in [4.78, 5) is 24.4. The number of hydrogen-bond acceptors (Lipinski definition) is 3. The number of carbonyl (C=O) groups excluding carboxylic acids is 2. The fourth-order valence-electron chi connectivity index (χ4n) is 3.33. The van der Waals surface area contributed by atoms with Crippen molar-refractivity contribution in [3.63, 3.8) is 0 Å². The first-order valence-corrected chi connectivity index (χ1v) is 10.3. The molecule has 2 aromatic rings. The number of nitrogens with one attached hydrogen (secondary N) is 2. The van der Waals surface area contributed by atoms with Crippen molar-refractivity contribution >= 4 is 27.7 Å². The van der Waals surface area contributed by atoms with Crippen LogP contribution in [0, 0.1) is 0 Å². The summed E-state index contributed by atoms with van der Waals surface area (Å²) in [5.74, 6) is -0.246. The average Bonchev–Trinajstić information content (AvgIpc) is 3.06. The molecule has 1 heterocycles. The highest BCUT2D eigenvalue weighted by Crippen LogP contribution is 2.27. The molecule has 0 atom stereocenters. The Bertz CT molecular complexity index is 831. The molecule has 7 heteroatoms. The van der Waals surface area contributed by atoms with Crippen LogP contribution in [0.5, 0.6) is 0 Å². The Balaban J connectivity index is 1.75. The zero-order valence-electron chi connectivity index (χ0n) is 15.6. The highest BCUT2D eigenvalue weighted by atomic mass is 79.9. The molecule has 3 rings (SSSR count). The van der Waals surface area contributed by atoms with Crippen LogP contribution in [0.15, 0.2) is 28.7 Å². The van der Waals surface area contributed by atoms with Gasteiger partial charge in [0.15, 0.2) is 5.69 Å². The Kier molecular flexibility index (Phi) is 6.66. The van der Waals surface area contributed by atoms with E-state index in [-0.39, 0.29) is 18.2 Å². The lowest BCUT2D eigenvalue weighted by Gasteiger charge is -2.14. The van der Waals surface area contributed by atoms with Crippen LogP contribution in [0.4, 0.5) is 0 Å². The molecule has 0 saturated heterocycles. The van der Waals surface area contributed by atoms with E-state index in [4.69, 9.17) is 0 Å². The van der Waals surface area contributed by atoms with E-state index < -0.39 is 0 Å². The van der Waals surface area contributed by atoms with Crippen molar-refractivity contribution in [2.24, 2.45) is 0 Å². The lowest BCUT2D eigenvalue weighted by Crippen LogP contribution is -2.31. The van der Waals surface area contributed by atoms with Crippen LogP contribution in [0.25, 0.3) is 5.69 Å². The molecule has 0 bridgehead atoms. The van der Waals surface area contributed by atoms with Crippen LogP contribution < -0.4 is 10.6 Å². The lowest BCUT2D eigenvalue weighted by molar-refractivity contribution is -0.120. The summed E-state index contributed by atoms with van der Waals surface area (Å²) in [6.45, 7) is 2.98. The molecular weight excluding hydrogens is 408 g/mol. The summed E-state index contributed by atoms with van der Waals surface area (Å²) >= 11 is 3.50. The molecule has 1 aliphatic carbocycles. The number of amides is 2. The molecule has 0 aliphatic heterocycles. The summed E-state index contributed by atoms with van der Waals surface area (Å²) in [6.07, 6.45) is 5.13. The Labute approximate surface area is 167 Å². The largest absolute Gasteiger partial charge is 0.356 e. The fraction of sp³-hybridized carbons (Fsp3) is 0.450. The van der Waals surface area contributed by atoms with E-state index in [0.29, 0.717) is 18.8 Å². The van der Waals surface area contributed by atoms with Crippen LogP contribution in [0.2, 0.25) is 0 Å². The van der Waals surface area contributed by atoms with Crippen LogP contribution in [-0.4, -0.2) is 34.7 Å². The van der Waals surface area contributed by atoms with Gasteiger partial charge in [0.2, 0.25) is 5.91 Å². The Morgan fingerprint density at radius 2 is 2.00 bits per heavy atom. The third-order valence-corrected chi connectivity index (χ3v) is 5.15. The highest BCUT2D eigenvalue weighted by Gasteiger charge is 2.25. The van der Waals surface area contributed by atoms with E-state index in [1.54, 1.807) is 0 Å². The summed E-state index contributed by atoms with van der Waals surface area (Å²) in [5, 5.41) is 10.3. The normalized spacial score (nSPS) is 13.1. The summed E-state index contributed by atoms with van der Waals surface area (Å²) in [7, 11) is 0. The quantitative estimate of drug-likeness (QED) is 0.705. The smallest absolute Gasteiger partial charge is 0.272 e. The number of aromatic nitrogens is 2. The van der Waals surface area contributed by atoms with Crippen molar-refractivity contribution in [1.82, 2.24) is 20.4 Å². The van der Waals surface area contributed by atoms with Crippen LogP contribution in [0.3, 0.4) is 0 Å². The molecule has 0 fully saturated rings. The second-order valence-electron chi connectivity index (χ2n) is 6.73. The van der Waals surface area contributed by atoms with E-state index in [0.717, 1.165) is 53.5 Å². The molecule has 2 N–H and O–H groups in total. The number of carbonyl (C=O) groups is 2. The maximum Gasteiger partial charge on any atom is 0.272 e.